The summed E-state index contributed by atoms with van der Waals surface area (Å²) < 4.78 is 10.4. The molecule has 2 aromatic heterocycles. The van der Waals surface area contributed by atoms with Crippen LogP contribution in [-0.4, -0.2) is 34.2 Å². The van der Waals surface area contributed by atoms with E-state index in [1.165, 1.54) is 14.2 Å². The Balaban J connectivity index is 2.11. The minimum atomic E-state index is 0.301. The van der Waals surface area contributed by atoms with E-state index in [4.69, 9.17) is 32.7 Å². The van der Waals surface area contributed by atoms with Gasteiger partial charge in [-0.05, 0) is 12.5 Å². The normalized spacial score (nSPS) is 11.0. The van der Waals surface area contributed by atoms with Crippen molar-refractivity contribution < 1.29 is 9.47 Å². The molecule has 0 aliphatic heterocycles. The van der Waals surface area contributed by atoms with Crippen molar-refractivity contribution in [3.05, 3.63) is 39.9 Å². The van der Waals surface area contributed by atoms with Gasteiger partial charge < -0.3 is 14.5 Å². The third kappa shape index (κ3) is 3.04. The van der Waals surface area contributed by atoms with Gasteiger partial charge >= 0.3 is 0 Å². The smallest absolute Gasteiger partial charge is 0.278 e. The number of ether oxygens (including phenoxy) is 2. The van der Waals surface area contributed by atoms with E-state index in [2.05, 4.69) is 19.9 Å². The Morgan fingerprint density at radius 3 is 2.48 bits per heavy atom. The Hall–Kier alpha value is -2.05. The van der Waals surface area contributed by atoms with Crippen LogP contribution in [0.1, 0.15) is 11.4 Å². The van der Waals surface area contributed by atoms with E-state index in [0.717, 1.165) is 11.4 Å². The number of imidazole rings is 1. The lowest BCUT2D eigenvalue weighted by molar-refractivity contribution is 0.334. The molecule has 3 rings (SSSR count). The number of nitrogens with zero attached hydrogens (tertiary/aromatic N) is 3. The molecule has 0 fully saturated rings. The van der Waals surface area contributed by atoms with Crippen LogP contribution in [-0.2, 0) is 12.8 Å². The number of aromatic amines is 1. The number of benzene rings is 1. The molecule has 0 bridgehead atoms. The van der Waals surface area contributed by atoms with Crippen LogP contribution in [0.15, 0.2) is 18.5 Å². The van der Waals surface area contributed by atoms with Crippen molar-refractivity contribution in [2.75, 3.05) is 14.2 Å². The van der Waals surface area contributed by atoms with Crippen LogP contribution in [0.25, 0.3) is 11.0 Å². The Morgan fingerprint density at radius 1 is 1.09 bits per heavy atom. The van der Waals surface area contributed by atoms with Gasteiger partial charge in [-0.3, -0.25) is 0 Å². The molecule has 0 saturated carbocycles. The van der Waals surface area contributed by atoms with Crippen molar-refractivity contribution in [2.45, 2.75) is 12.8 Å². The average molecular weight is 353 g/mol. The van der Waals surface area contributed by atoms with Crippen molar-refractivity contribution in [3.8, 4) is 11.8 Å². The maximum absolute atomic E-state index is 6.38. The van der Waals surface area contributed by atoms with E-state index < -0.39 is 0 Å². The zero-order chi connectivity index (χ0) is 16.4. The summed E-state index contributed by atoms with van der Waals surface area (Å²) in [5.74, 6) is 1.47. The molecule has 1 N–H and O–H groups in total. The number of nitrogens with one attached hydrogen (secondary N) is 1. The van der Waals surface area contributed by atoms with Gasteiger partial charge in [0.2, 0.25) is 0 Å². The molecule has 0 aliphatic carbocycles. The molecule has 0 aliphatic rings. The van der Waals surface area contributed by atoms with Gasteiger partial charge in [0.1, 0.15) is 5.82 Å². The summed E-state index contributed by atoms with van der Waals surface area (Å²) in [5.41, 5.74) is 2.05. The van der Waals surface area contributed by atoms with Gasteiger partial charge in [-0.25, -0.2) is 15.0 Å². The molecule has 3 aromatic rings. The average Bonchev–Trinajstić information content (AvgIpc) is 3.07. The molecule has 8 heteroatoms. The summed E-state index contributed by atoms with van der Waals surface area (Å²) >= 11 is 12.6. The van der Waals surface area contributed by atoms with Crippen molar-refractivity contribution >= 4 is 34.2 Å². The summed E-state index contributed by atoms with van der Waals surface area (Å²) in [7, 11) is 3.02. The lowest BCUT2D eigenvalue weighted by atomic mass is 10.1. The summed E-state index contributed by atoms with van der Waals surface area (Å²) in [5, 5.41) is 0.891. The number of halogens is 2. The molecular formula is C15H14Cl2N4O2. The number of H-pyrrole nitrogens is 1. The second-order valence-electron chi connectivity index (χ2n) is 4.80. The molecule has 0 atom stereocenters. The van der Waals surface area contributed by atoms with E-state index in [1.807, 2.05) is 0 Å². The first kappa shape index (κ1) is 15.8. The molecule has 0 amide bonds. The summed E-state index contributed by atoms with van der Waals surface area (Å²) in [6, 6.07) is 1.67. The van der Waals surface area contributed by atoms with E-state index >= 15 is 0 Å². The topological polar surface area (TPSA) is 72.9 Å². The van der Waals surface area contributed by atoms with Gasteiger partial charge in [0.15, 0.2) is 0 Å². The molecule has 0 spiro atoms. The third-order valence-corrected chi connectivity index (χ3v) is 4.26. The minimum Gasteiger partial charge on any atom is -0.477 e. The zero-order valence-electron chi connectivity index (χ0n) is 12.6. The molecule has 0 radical (unpaired) electrons. The lowest BCUT2D eigenvalue weighted by Gasteiger charge is -2.12. The van der Waals surface area contributed by atoms with Gasteiger partial charge in [0.25, 0.3) is 11.8 Å². The van der Waals surface area contributed by atoms with Crippen LogP contribution < -0.4 is 9.47 Å². The van der Waals surface area contributed by atoms with Crippen molar-refractivity contribution in [3.63, 3.8) is 0 Å². The van der Waals surface area contributed by atoms with Gasteiger partial charge in [-0.15, -0.1) is 0 Å². The molecule has 120 valence electrons. The van der Waals surface area contributed by atoms with Gasteiger partial charge in [0, 0.05) is 24.4 Å². The second-order valence-corrected chi connectivity index (χ2v) is 5.58. The standard InChI is InChI=1S/C15H14Cl2N4O2/c1-22-14-15(23-2)21-13-8(3-4-11-18-5-6-19-11)12(17)9(16)7-10(13)20-14/h5-7H,3-4H2,1-2H3,(H,18,19). The number of hydrogen-bond acceptors (Lipinski definition) is 5. The highest BCUT2D eigenvalue weighted by atomic mass is 35.5. The largest absolute Gasteiger partial charge is 0.477 e. The van der Waals surface area contributed by atoms with Crippen molar-refractivity contribution in [1.82, 2.24) is 19.9 Å². The van der Waals surface area contributed by atoms with Crippen LogP contribution in [0.2, 0.25) is 10.0 Å². The Bertz CT molecular complexity index is 837. The first-order valence-corrected chi connectivity index (χ1v) is 7.64. The minimum absolute atomic E-state index is 0.301. The quantitative estimate of drug-likeness (QED) is 0.760. The number of hydrogen-bond donors (Lipinski definition) is 1. The van der Waals surface area contributed by atoms with Crippen molar-refractivity contribution in [2.24, 2.45) is 0 Å². The zero-order valence-corrected chi connectivity index (χ0v) is 14.1. The fourth-order valence-corrected chi connectivity index (χ4v) is 2.80. The Kier molecular flexibility index (Phi) is 4.54. The molecular weight excluding hydrogens is 339 g/mol. The van der Waals surface area contributed by atoms with E-state index in [9.17, 15) is 0 Å². The van der Waals surface area contributed by atoms with Crippen LogP contribution in [0, 0.1) is 0 Å². The van der Waals surface area contributed by atoms with Gasteiger partial charge in [0.05, 0.1) is 35.3 Å². The lowest BCUT2D eigenvalue weighted by Crippen LogP contribution is -2.02. The third-order valence-electron chi connectivity index (χ3n) is 3.44. The maximum atomic E-state index is 6.38. The van der Waals surface area contributed by atoms with E-state index in [0.29, 0.717) is 45.7 Å². The Labute approximate surface area is 142 Å². The molecule has 0 saturated heterocycles. The van der Waals surface area contributed by atoms with Gasteiger partial charge in [-0.1, -0.05) is 23.2 Å². The highest BCUT2D eigenvalue weighted by Crippen LogP contribution is 2.35. The van der Waals surface area contributed by atoms with Crippen LogP contribution >= 0.6 is 23.2 Å². The second kappa shape index (κ2) is 6.60. The SMILES string of the molecule is COc1nc2cc(Cl)c(Cl)c(CCc3ncc[nH]3)c2nc1OC. The molecule has 2 heterocycles. The molecule has 0 unspecified atom stereocenters. The molecule has 23 heavy (non-hydrogen) atoms. The predicted molar refractivity (Wildman–Crippen MR) is 88.7 cm³/mol. The van der Waals surface area contributed by atoms with Gasteiger partial charge in [-0.2, -0.15) is 0 Å². The fourth-order valence-electron chi connectivity index (χ4n) is 2.34. The summed E-state index contributed by atoms with van der Waals surface area (Å²) in [6.45, 7) is 0. The number of rotatable bonds is 5. The first-order chi connectivity index (χ1) is 11.1. The first-order valence-electron chi connectivity index (χ1n) is 6.89. The Morgan fingerprint density at radius 2 is 1.83 bits per heavy atom. The molecule has 1 aromatic carbocycles. The van der Waals surface area contributed by atoms with Crippen LogP contribution in [0.3, 0.4) is 0 Å². The highest BCUT2D eigenvalue weighted by Gasteiger charge is 2.17. The summed E-state index contributed by atoms with van der Waals surface area (Å²) in [6.07, 6.45) is 4.78. The van der Waals surface area contributed by atoms with E-state index in [-0.39, 0.29) is 0 Å². The fraction of sp³-hybridized carbons (Fsp3) is 0.267. The number of aryl methyl sites for hydroxylation is 2. The molecule has 6 nitrogen and oxygen atoms in total. The number of aromatic nitrogens is 4. The van der Waals surface area contributed by atoms with E-state index in [1.54, 1.807) is 18.5 Å². The van der Waals surface area contributed by atoms with Crippen LogP contribution in [0.4, 0.5) is 0 Å². The van der Waals surface area contributed by atoms with Crippen molar-refractivity contribution in [1.29, 1.82) is 0 Å². The van der Waals surface area contributed by atoms with Crippen LogP contribution in [0.5, 0.6) is 11.8 Å². The number of methoxy groups -OCH3 is 2. The monoisotopic (exact) mass is 352 g/mol. The maximum Gasteiger partial charge on any atom is 0.278 e. The summed E-state index contributed by atoms with van der Waals surface area (Å²) in [4.78, 5) is 16.2. The predicted octanol–water partition coefficient (Wildman–Crippen LogP) is 3.46. The number of fused-ring (bicyclic) bond motifs is 1. The highest BCUT2D eigenvalue weighted by molar-refractivity contribution is 6.43.